The van der Waals surface area contributed by atoms with Crippen molar-refractivity contribution in [2.24, 2.45) is 0 Å². The van der Waals surface area contributed by atoms with E-state index in [9.17, 15) is 0 Å². The molecule has 0 aliphatic rings. The second-order valence-corrected chi connectivity index (χ2v) is 0.456. The number of hydrogen-bond acceptors (Lipinski definition) is 5. The number of aliphatic hydroxyl groups excluding tert-OH is 5. The summed E-state index contributed by atoms with van der Waals surface area (Å²) in [6.07, 6.45) is 0. The quantitative estimate of drug-likeness (QED) is 0.311. The zero-order valence-electron chi connectivity index (χ0n) is 7.22. The van der Waals surface area contributed by atoms with Gasteiger partial charge in [-0.25, -0.2) is 0 Å². The Morgan fingerprint density at radius 1 is 0.438 bits per heavy atom. The third-order valence-electron chi connectivity index (χ3n) is 0. The first-order chi connectivity index (χ1) is 7.07. The van der Waals surface area contributed by atoms with Crippen molar-refractivity contribution in [1.29, 1.82) is 0 Å². The SMILES string of the molecule is O=[C-]O.O=[C-]O.O=[C-]O.O=[C-]O.O=[C-]O.[V]. The summed E-state index contributed by atoms with van der Waals surface area (Å²) >= 11 is 0. The average Bonchev–Trinajstić information content (AvgIpc) is 2.09. The summed E-state index contributed by atoms with van der Waals surface area (Å²) in [5, 5.41) is 33.8. The van der Waals surface area contributed by atoms with E-state index in [1.165, 1.54) is 0 Å². The first-order valence-corrected chi connectivity index (χ1v) is 2.14. The minimum absolute atomic E-state index is 0. The molecule has 10 nitrogen and oxygen atoms in total. The predicted octanol–water partition coefficient (Wildman–Crippen LogP) is -1.94. The molecular formula is C5H5O10V-5. The van der Waals surface area contributed by atoms with Crippen molar-refractivity contribution in [2.75, 3.05) is 0 Å². The van der Waals surface area contributed by atoms with Crippen LogP contribution in [0.25, 0.3) is 0 Å². The third-order valence-corrected chi connectivity index (χ3v) is 0. The Morgan fingerprint density at radius 2 is 0.438 bits per heavy atom. The molecular weight excluding hydrogens is 271 g/mol. The molecule has 1 radical (unpaired) electrons. The van der Waals surface area contributed by atoms with E-state index in [0.29, 0.717) is 32.4 Å². The second kappa shape index (κ2) is 214. The number of hydrogen-bond donors (Lipinski definition) is 5. The predicted molar refractivity (Wildman–Crippen MR) is 41.6 cm³/mol. The van der Waals surface area contributed by atoms with E-state index in [1.54, 1.807) is 0 Å². The molecule has 0 fully saturated rings. The number of rotatable bonds is 0. The van der Waals surface area contributed by atoms with E-state index in [-0.39, 0.29) is 18.6 Å². The Hall–Kier alpha value is -2.07. The van der Waals surface area contributed by atoms with Gasteiger partial charge in [-0.1, -0.05) is 32.4 Å². The Kier molecular flexibility index (Phi) is 495. The molecule has 95 valence electrons. The molecule has 0 heterocycles. The Balaban J connectivity index is -0.0000000192. The molecule has 5 N–H and O–H groups in total. The summed E-state index contributed by atoms with van der Waals surface area (Å²) in [7, 11) is 0. The van der Waals surface area contributed by atoms with Gasteiger partial charge in [0, 0.05) is 18.6 Å². The fraction of sp³-hybridized carbons (Fsp3) is 0. The Morgan fingerprint density at radius 3 is 0.438 bits per heavy atom. The molecule has 0 saturated heterocycles. The van der Waals surface area contributed by atoms with Gasteiger partial charge in [0.15, 0.2) is 0 Å². The van der Waals surface area contributed by atoms with Gasteiger partial charge in [-0.3, -0.25) is 0 Å². The van der Waals surface area contributed by atoms with Crippen molar-refractivity contribution < 1.29 is 68.1 Å². The van der Waals surface area contributed by atoms with Crippen molar-refractivity contribution in [3.05, 3.63) is 0 Å². The van der Waals surface area contributed by atoms with Crippen LogP contribution in [0.1, 0.15) is 0 Å². The molecule has 11 heteroatoms. The summed E-state index contributed by atoms with van der Waals surface area (Å²) in [6.45, 7) is 2.50. The molecule has 0 bridgehead atoms. The van der Waals surface area contributed by atoms with Crippen LogP contribution in [0.4, 0.5) is 0 Å². The van der Waals surface area contributed by atoms with Crippen LogP contribution in [-0.2, 0) is 42.5 Å². The topological polar surface area (TPSA) is 186 Å². The maximum absolute atomic E-state index is 8.24. The van der Waals surface area contributed by atoms with E-state index >= 15 is 0 Å². The van der Waals surface area contributed by atoms with Crippen molar-refractivity contribution in [3.63, 3.8) is 0 Å². The Bertz CT molecular complexity index is 91.5. The molecule has 0 saturated carbocycles. The van der Waals surface area contributed by atoms with Gasteiger partial charge in [0.25, 0.3) is 0 Å². The van der Waals surface area contributed by atoms with Gasteiger partial charge in [-0.2, -0.15) is 0 Å². The molecule has 0 unspecified atom stereocenters. The molecule has 0 aromatic carbocycles. The molecule has 0 spiro atoms. The van der Waals surface area contributed by atoms with Gasteiger partial charge >= 0.3 is 0 Å². The van der Waals surface area contributed by atoms with Crippen molar-refractivity contribution in [2.45, 2.75) is 0 Å². The molecule has 0 aliphatic heterocycles. The normalized spacial score (nSPS) is 3.75. The van der Waals surface area contributed by atoms with Crippen LogP contribution in [-0.4, -0.2) is 57.9 Å². The van der Waals surface area contributed by atoms with Crippen LogP contribution in [0, 0.1) is 0 Å². The van der Waals surface area contributed by atoms with Crippen molar-refractivity contribution in [3.8, 4) is 0 Å². The smallest absolute Gasteiger partial charge is 0 e. The third kappa shape index (κ3) is 334. The van der Waals surface area contributed by atoms with Crippen LogP contribution in [0.15, 0.2) is 0 Å². The minimum atomic E-state index is 0. The summed E-state index contributed by atoms with van der Waals surface area (Å²) in [4.78, 5) is 41.2. The van der Waals surface area contributed by atoms with Gasteiger partial charge in [0.2, 0.25) is 0 Å². The van der Waals surface area contributed by atoms with Gasteiger partial charge in [-0.15, -0.1) is 0 Å². The van der Waals surface area contributed by atoms with Crippen LogP contribution in [0.5, 0.6) is 0 Å². The Labute approximate surface area is 101 Å². The minimum Gasteiger partial charge on any atom is -0.665 e. The van der Waals surface area contributed by atoms with E-state index in [2.05, 4.69) is 0 Å². The molecule has 0 amide bonds. The van der Waals surface area contributed by atoms with Crippen molar-refractivity contribution in [1.82, 2.24) is 0 Å². The first-order valence-electron chi connectivity index (χ1n) is 2.14. The summed E-state index contributed by atoms with van der Waals surface area (Å²) in [5.74, 6) is 0. The van der Waals surface area contributed by atoms with E-state index in [4.69, 9.17) is 49.5 Å². The molecule has 0 aromatic rings. The van der Waals surface area contributed by atoms with Crippen LogP contribution in [0.2, 0.25) is 0 Å². The van der Waals surface area contributed by atoms with E-state index in [0.717, 1.165) is 0 Å². The van der Waals surface area contributed by atoms with Gasteiger partial charge < -0.3 is 49.5 Å². The first kappa shape index (κ1) is 37.0. The largest absolute Gasteiger partial charge is 0.665 e. The summed E-state index contributed by atoms with van der Waals surface area (Å²) < 4.78 is 0. The van der Waals surface area contributed by atoms with Crippen molar-refractivity contribution >= 4 is 32.4 Å². The second-order valence-electron chi connectivity index (χ2n) is 0.456. The average molecular weight is 276 g/mol. The summed E-state index contributed by atoms with van der Waals surface area (Å²) in [6, 6.07) is 0. The van der Waals surface area contributed by atoms with E-state index in [1.807, 2.05) is 0 Å². The molecule has 0 aliphatic carbocycles. The zero-order chi connectivity index (χ0) is 13.5. The van der Waals surface area contributed by atoms with E-state index < -0.39 is 0 Å². The van der Waals surface area contributed by atoms with Crippen LogP contribution >= 0.6 is 0 Å². The van der Waals surface area contributed by atoms with Crippen LogP contribution in [0.3, 0.4) is 0 Å². The fourth-order valence-corrected chi connectivity index (χ4v) is 0. The molecule has 0 aromatic heterocycles. The summed E-state index contributed by atoms with van der Waals surface area (Å²) in [5.41, 5.74) is 0. The van der Waals surface area contributed by atoms with Gasteiger partial charge in [0.1, 0.15) is 0 Å². The zero-order valence-corrected chi connectivity index (χ0v) is 8.62. The molecule has 16 heavy (non-hydrogen) atoms. The maximum atomic E-state index is 8.24. The van der Waals surface area contributed by atoms with Gasteiger partial charge in [0.05, 0.1) is 0 Å². The van der Waals surface area contributed by atoms with Crippen LogP contribution < -0.4 is 0 Å². The monoisotopic (exact) mass is 276 g/mol. The fourth-order valence-electron chi connectivity index (χ4n) is 0. The van der Waals surface area contributed by atoms with Gasteiger partial charge in [-0.05, 0) is 0 Å². The molecule has 0 rings (SSSR count). The molecule has 0 atom stereocenters. The maximum Gasteiger partial charge on any atom is 0 e. The standard InChI is InChI=1S/5CHO2.V/c5*2-1-3;/h5*(H,2,3);/q5*-1;.